The van der Waals surface area contributed by atoms with E-state index < -0.39 is 16.1 Å². The minimum Gasteiger partial charge on any atom is -0.455 e. The number of carbonyl (C=O) groups is 1. The van der Waals surface area contributed by atoms with Gasteiger partial charge in [-0.05, 0) is 37.1 Å². The summed E-state index contributed by atoms with van der Waals surface area (Å²) >= 11 is 0. The van der Waals surface area contributed by atoms with Crippen LogP contribution in [0.2, 0.25) is 0 Å². The van der Waals surface area contributed by atoms with Gasteiger partial charge in [-0.1, -0.05) is 30.3 Å². The van der Waals surface area contributed by atoms with E-state index in [2.05, 4.69) is 5.32 Å². The van der Waals surface area contributed by atoms with Crippen molar-refractivity contribution in [3.05, 3.63) is 54.6 Å². The third-order valence-corrected chi connectivity index (χ3v) is 5.34. The maximum atomic E-state index is 12.6. The van der Waals surface area contributed by atoms with Gasteiger partial charge in [0.2, 0.25) is 15.9 Å². The molecule has 0 aliphatic carbocycles. The Morgan fingerprint density at radius 1 is 1.12 bits per heavy atom. The SMILES string of the molecule is CS(=O)(=O)N1CCC[C@H]1C(=O)Nc1ccccc1Oc1ccccc1. The quantitative estimate of drug-likeness (QED) is 0.890. The molecule has 1 fully saturated rings. The Morgan fingerprint density at radius 3 is 2.52 bits per heavy atom. The molecule has 1 saturated heterocycles. The van der Waals surface area contributed by atoms with Crippen LogP contribution in [-0.2, 0) is 14.8 Å². The third kappa shape index (κ3) is 4.18. The molecule has 132 valence electrons. The Kier molecular flexibility index (Phi) is 5.06. The van der Waals surface area contributed by atoms with Crippen molar-refractivity contribution in [3.8, 4) is 11.5 Å². The summed E-state index contributed by atoms with van der Waals surface area (Å²) in [5, 5.41) is 2.80. The summed E-state index contributed by atoms with van der Waals surface area (Å²) in [5.74, 6) is 0.820. The topological polar surface area (TPSA) is 75.7 Å². The lowest BCUT2D eigenvalue weighted by Crippen LogP contribution is -2.42. The number of anilines is 1. The standard InChI is InChI=1S/C18H20N2O4S/c1-25(22,23)20-13-7-11-16(20)18(21)19-15-10-5-6-12-17(15)24-14-8-3-2-4-9-14/h2-6,8-10,12,16H,7,11,13H2,1H3,(H,19,21)/t16-/m0/s1. The van der Waals surface area contributed by atoms with Gasteiger partial charge < -0.3 is 10.1 Å². The molecule has 0 radical (unpaired) electrons. The molecule has 1 N–H and O–H groups in total. The Labute approximate surface area is 147 Å². The Bertz CT molecular complexity index is 852. The number of benzene rings is 2. The van der Waals surface area contributed by atoms with Crippen LogP contribution in [0.3, 0.4) is 0 Å². The molecule has 1 heterocycles. The molecule has 0 bridgehead atoms. The van der Waals surface area contributed by atoms with Crippen molar-refractivity contribution >= 4 is 21.6 Å². The smallest absolute Gasteiger partial charge is 0.242 e. The van der Waals surface area contributed by atoms with Crippen LogP contribution in [-0.4, -0.2) is 37.5 Å². The minimum atomic E-state index is -3.41. The fraction of sp³-hybridized carbons (Fsp3) is 0.278. The molecule has 2 aromatic rings. The van der Waals surface area contributed by atoms with Crippen molar-refractivity contribution in [2.75, 3.05) is 18.1 Å². The lowest BCUT2D eigenvalue weighted by atomic mass is 10.2. The summed E-state index contributed by atoms with van der Waals surface area (Å²) in [6.45, 7) is 0.374. The van der Waals surface area contributed by atoms with Gasteiger partial charge in [0.15, 0.2) is 5.75 Å². The van der Waals surface area contributed by atoms with E-state index in [0.717, 1.165) is 6.26 Å². The molecular weight excluding hydrogens is 340 g/mol. The van der Waals surface area contributed by atoms with Gasteiger partial charge in [0.05, 0.1) is 11.9 Å². The summed E-state index contributed by atoms with van der Waals surface area (Å²) in [7, 11) is -3.41. The van der Waals surface area contributed by atoms with E-state index in [0.29, 0.717) is 36.6 Å². The third-order valence-electron chi connectivity index (χ3n) is 4.05. The summed E-state index contributed by atoms with van der Waals surface area (Å²) in [6, 6.07) is 15.7. The zero-order valence-corrected chi connectivity index (χ0v) is 14.7. The lowest BCUT2D eigenvalue weighted by molar-refractivity contribution is -0.119. The predicted molar refractivity (Wildman–Crippen MR) is 96.2 cm³/mol. The summed E-state index contributed by atoms with van der Waals surface area (Å²) in [6.07, 6.45) is 2.32. The Morgan fingerprint density at radius 2 is 1.80 bits per heavy atom. The average Bonchev–Trinajstić information content (AvgIpc) is 3.08. The van der Waals surface area contributed by atoms with Gasteiger partial charge in [0, 0.05) is 6.54 Å². The summed E-state index contributed by atoms with van der Waals surface area (Å²) in [5.41, 5.74) is 0.511. The van der Waals surface area contributed by atoms with Crippen LogP contribution in [0.1, 0.15) is 12.8 Å². The highest BCUT2D eigenvalue weighted by Gasteiger charge is 2.36. The van der Waals surface area contributed by atoms with Crippen molar-refractivity contribution < 1.29 is 17.9 Å². The van der Waals surface area contributed by atoms with Gasteiger partial charge in [0.1, 0.15) is 11.8 Å². The molecule has 0 spiro atoms. The van der Waals surface area contributed by atoms with E-state index >= 15 is 0 Å². The molecule has 0 aromatic heterocycles. The summed E-state index contributed by atoms with van der Waals surface area (Å²) < 4.78 is 30.7. The van der Waals surface area contributed by atoms with Gasteiger partial charge in [0.25, 0.3) is 0 Å². The first-order chi connectivity index (χ1) is 11.9. The van der Waals surface area contributed by atoms with E-state index in [-0.39, 0.29) is 5.91 Å². The van der Waals surface area contributed by atoms with Crippen molar-refractivity contribution in [3.63, 3.8) is 0 Å². The van der Waals surface area contributed by atoms with Gasteiger partial charge >= 0.3 is 0 Å². The molecule has 1 atom stereocenters. The zero-order valence-electron chi connectivity index (χ0n) is 13.9. The van der Waals surface area contributed by atoms with E-state index in [1.54, 1.807) is 18.2 Å². The van der Waals surface area contributed by atoms with Crippen LogP contribution in [0.15, 0.2) is 54.6 Å². The van der Waals surface area contributed by atoms with Crippen LogP contribution in [0.4, 0.5) is 5.69 Å². The second-order valence-electron chi connectivity index (χ2n) is 5.93. The number of hydrogen-bond donors (Lipinski definition) is 1. The highest BCUT2D eigenvalue weighted by molar-refractivity contribution is 7.88. The molecule has 0 unspecified atom stereocenters. The van der Waals surface area contributed by atoms with Crippen molar-refractivity contribution in [1.82, 2.24) is 4.31 Å². The number of carbonyl (C=O) groups excluding carboxylic acids is 1. The number of hydrogen-bond acceptors (Lipinski definition) is 4. The number of nitrogens with zero attached hydrogens (tertiary/aromatic N) is 1. The maximum Gasteiger partial charge on any atom is 0.242 e. The number of amides is 1. The number of sulfonamides is 1. The van der Waals surface area contributed by atoms with Crippen LogP contribution in [0.5, 0.6) is 11.5 Å². The van der Waals surface area contributed by atoms with Crippen LogP contribution >= 0.6 is 0 Å². The predicted octanol–water partition coefficient (Wildman–Crippen LogP) is 2.84. The summed E-state index contributed by atoms with van der Waals surface area (Å²) in [4.78, 5) is 12.6. The molecule has 1 aliphatic rings. The first-order valence-corrected chi connectivity index (χ1v) is 9.89. The van der Waals surface area contributed by atoms with Crippen molar-refractivity contribution in [2.45, 2.75) is 18.9 Å². The highest BCUT2D eigenvalue weighted by atomic mass is 32.2. The largest absolute Gasteiger partial charge is 0.455 e. The monoisotopic (exact) mass is 360 g/mol. The number of rotatable bonds is 5. The molecule has 7 heteroatoms. The van der Waals surface area contributed by atoms with Crippen LogP contribution in [0, 0.1) is 0 Å². The number of nitrogens with one attached hydrogen (secondary N) is 1. The minimum absolute atomic E-state index is 0.341. The average molecular weight is 360 g/mol. The second kappa shape index (κ2) is 7.25. The van der Waals surface area contributed by atoms with Crippen molar-refractivity contribution in [2.24, 2.45) is 0 Å². The van der Waals surface area contributed by atoms with Gasteiger partial charge in [-0.3, -0.25) is 4.79 Å². The van der Waals surface area contributed by atoms with E-state index in [1.807, 2.05) is 36.4 Å². The first kappa shape index (κ1) is 17.4. The van der Waals surface area contributed by atoms with Gasteiger partial charge in [-0.2, -0.15) is 4.31 Å². The lowest BCUT2D eigenvalue weighted by Gasteiger charge is -2.22. The molecular formula is C18H20N2O4S. The normalized spacial score (nSPS) is 18.0. The molecule has 0 saturated carbocycles. The van der Waals surface area contributed by atoms with E-state index in [9.17, 15) is 13.2 Å². The van der Waals surface area contributed by atoms with Gasteiger partial charge in [-0.25, -0.2) is 8.42 Å². The Hall–Kier alpha value is -2.38. The number of para-hydroxylation sites is 3. The highest BCUT2D eigenvalue weighted by Crippen LogP contribution is 2.30. The molecule has 25 heavy (non-hydrogen) atoms. The number of ether oxygens (including phenoxy) is 1. The second-order valence-corrected chi connectivity index (χ2v) is 7.87. The fourth-order valence-corrected chi connectivity index (χ4v) is 4.01. The molecule has 6 nitrogen and oxygen atoms in total. The van der Waals surface area contributed by atoms with Crippen LogP contribution < -0.4 is 10.1 Å². The van der Waals surface area contributed by atoms with Crippen LogP contribution in [0.25, 0.3) is 0 Å². The first-order valence-electron chi connectivity index (χ1n) is 8.05. The van der Waals surface area contributed by atoms with Crippen molar-refractivity contribution in [1.29, 1.82) is 0 Å². The van der Waals surface area contributed by atoms with Gasteiger partial charge in [-0.15, -0.1) is 0 Å². The van der Waals surface area contributed by atoms with E-state index in [4.69, 9.17) is 4.74 Å². The molecule has 1 amide bonds. The molecule has 1 aliphatic heterocycles. The van der Waals surface area contributed by atoms with E-state index in [1.165, 1.54) is 4.31 Å². The molecule has 3 rings (SSSR count). The maximum absolute atomic E-state index is 12.6. The fourth-order valence-electron chi connectivity index (χ4n) is 2.89. The zero-order chi connectivity index (χ0) is 17.9. The molecule has 2 aromatic carbocycles. The Balaban J connectivity index is 1.78.